The van der Waals surface area contributed by atoms with Crippen LogP contribution in [0.15, 0.2) is 42.6 Å². The van der Waals surface area contributed by atoms with Crippen molar-refractivity contribution in [1.82, 2.24) is 4.98 Å². The van der Waals surface area contributed by atoms with Crippen molar-refractivity contribution >= 4 is 0 Å². The number of nitrogens with two attached hydrogens (primary N) is 1. The van der Waals surface area contributed by atoms with Crippen LogP contribution in [0.25, 0.3) is 0 Å². The van der Waals surface area contributed by atoms with Crippen LogP contribution < -0.4 is 15.2 Å². The SMILES string of the molecule is COc1ccccc1Oc1cc(CN)ccn1. The van der Waals surface area contributed by atoms with E-state index < -0.39 is 0 Å². The second kappa shape index (κ2) is 5.32. The normalized spacial score (nSPS) is 10.0. The molecule has 0 spiro atoms. The van der Waals surface area contributed by atoms with Crippen LogP contribution in [0.4, 0.5) is 0 Å². The van der Waals surface area contributed by atoms with Gasteiger partial charge in [-0.05, 0) is 23.8 Å². The number of ether oxygens (including phenoxy) is 2. The Morgan fingerprint density at radius 2 is 1.94 bits per heavy atom. The van der Waals surface area contributed by atoms with Crippen LogP contribution >= 0.6 is 0 Å². The van der Waals surface area contributed by atoms with Gasteiger partial charge < -0.3 is 15.2 Å². The molecule has 0 aliphatic rings. The Morgan fingerprint density at radius 3 is 2.65 bits per heavy atom. The fraction of sp³-hybridized carbons (Fsp3) is 0.154. The average molecular weight is 230 g/mol. The third kappa shape index (κ3) is 2.73. The fourth-order valence-corrected chi connectivity index (χ4v) is 1.45. The zero-order valence-corrected chi connectivity index (χ0v) is 9.59. The molecule has 0 radical (unpaired) electrons. The first kappa shape index (κ1) is 11.4. The number of methoxy groups -OCH3 is 1. The first-order valence-corrected chi connectivity index (χ1v) is 5.29. The molecule has 0 saturated heterocycles. The van der Waals surface area contributed by atoms with Crippen molar-refractivity contribution in [2.45, 2.75) is 6.54 Å². The number of benzene rings is 1. The first-order chi connectivity index (χ1) is 8.33. The molecular formula is C13H14N2O2. The molecule has 2 rings (SSSR count). The lowest BCUT2D eigenvalue weighted by Crippen LogP contribution is -1.98. The molecule has 1 heterocycles. The van der Waals surface area contributed by atoms with Crippen LogP contribution in [0.2, 0.25) is 0 Å². The van der Waals surface area contributed by atoms with Crippen LogP contribution in [0.3, 0.4) is 0 Å². The zero-order chi connectivity index (χ0) is 12.1. The zero-order valence-electron chi connectivity index (χ0n) is 9.59. The smallest absolute Gasteiger partial charge is 0.219 e. The summed E-state index contributed by atoms with van der Waals surface area (Å²) < 4.78 is 10.8. The van der Waals surface area contributed by atoms with E-state index in [1.165, 1.54) is 0 Å². The summed E-state index contributed by atoms with van der Waals surface area (Å²) in [5.41, 5.74) is 6.54. The third-order valence-corrected chi connectivity index (χ3v) is 2.32. The lowest BCUT2D eigenvalue weighted by atomic mass is 10.3. The molecule has 0 unspecified atom stereocenters. The summed E-state index contributed by atoms with van der Waals surface area (Å²) in [4.78, 5) is 4.12. The molecule has 1 aromatic carbocycles. The summed E-state index contributed by atoms with van der Waals surface area (Å²) in [5, 5.41) is 0. The number of hydrogen-bond acceptors (Lipinski definition) is 4. The van der Waals surface area contributed by atoms with E-state index in [1.807, 2.05) is 36.4 Å². The van der Waals surface area contributed by atoms with E-state index in [1.54, 1.807) is 13.3 Å². The van der Waals surface area contributed by atoms with Crippen LogP contribution in [0.5, 0.6) is 17.4 Å². The topological polar surface area (TPSA) is 57.4 Å². The van der Waals surface area contributed by atoms with Gasteiger partial charge in [0.25, 0.3) is 0 Å². The van der Waals surface area contributed by atoms with E-state index >= 15 is 0 Å². The van der Waals surface area contributed by atoms with E-state index in [0.717, 1.165) is 5.56 Å². The highest BCUT2D eigenvalue weighted by atomic mass is 16.5. The molecule has 4 nitrogen and oxygen atoms in total. The van der Waals surface area contributed by atoms with Gasteiger partial charge in [0.1, 0.15) is 0 Å². The van der Waals surface area contributed by atoms with Crippen molar-refractivity contribution in [2.24, 2.45) is 5.73 Å². The Morgan fingerprint density at radius 1 is 1.18 bits per heavy atom. The Bertz CT molecular complexity index is 500. The Kier molecular flexibility index (Phi) is 3.57. The van der Waals surface area contributed by atoms with Gasteiger partial charge in [0.2, 0.25) is 5.88 Å². The van der Waals surface area contributed by atoms with Crippen molar-refractivity contribution in [2.75, 3.05) is 7.11 Å². The van der Waals surface area contributed by atoms with Crippen molar-refractivity contribution < 1.29 is 9.47 Å². The molecule has 2 aromatic rings. The van der Waals surface area contributed by atoms with E-state index in [9.17, 15) is 0 Å². The number of aromatic nitrogens is 1. The highest BCUT2D eigenvalue weighted by molar-refractivity contribution is 5.41. The Balaban J connectivity index is 2.24. The molecule has 2 N–H and O–H groups in total. The minimum Gasteiger partial charge on any atom is -0.493 e. The highest BCUT2D eigenvalue weighted by Crippen LogP contribution is 2.29. The number of para-hydroxylation sites is 2. The van der Waals surface area contributed by atoms with Gasteiger partial charge in [-0.25, -0.2) is 4.98 Å². The second-order valence-corrected chi connectivity index (χ2v) is 3.46. The minimum absolute atomic E-state index is 0.463. The molecule has 0 fully saturated rings. The van der Waals surface area contributed by atoms with Crippen LogP contribution in [0.1, 0.15) is 5.56 Å². The average Bonchev–Trinajstić information content (AvgIpc) is 2.39. The van der Waals surface area contributed by atoms with E-state index in [-0.39, 0.29) is 0 Å². The molecule has 1 aromatic heterocycles. The fourth-order valence-electron chi connectivity index (χ4n) is 1.45. The second-order valence-electron chi connectivity index (χ2n) is 3.46. The molecule has 4 heteroatoms. The number of pyridine rings is 1. The van der Waals surface area contributed by atoms with Gasteiger partial charge in [-0.2, -0.15) is 0 Å². The lowest BCUT2D eigenvalue weighted by molar-refractivity contribution is 0.374. The van der Waals surface area contributed by atoms with Crippen LogP contribution in [-0.4, -0.2) is 12.1 Å². The summed E-state index contributed by atoms with van der Waals surface area (Å²) in [6, 6.07) is 11.1. The summed E-state index contributed by atoms with van der Waals surface area (Å²) in [7, 11) is 1.60. The quantitative estimate of drug-likeness (QED) is 0.875. The number of nitrogens with zero attached hydrogens (tertiary/aromatic N) is 1. The standard InChI is InChI=1S/C13H14N2O2/c1-16-11-4-2-3-5-12(11)17-13-8-10(9-14)6-7-15-13/h2-8H,9,14H2,1H3. The van der Waals surface area contributed by atoms with Gasteiger partial charge in [-0.3, -0.25) is 0 Å². The maximum Gasteiger partial charge on any atom is 0.219 e. The van der Waals surface area contributed by atoms with Crippen LogP contribution in [0, 0.1) is 0 Å². The minimum atomic E-state index is 0.463. The predicted octanol–water partition coefficient (Wildman–Crippen LogP) is 2.34. The van der Waals surface area contributed by atoms with E-state index in [0.29, 0.717) is 23.9 Å². The van der Waals surface area contributed by atoms with Gasteiger partial charge in [0, 0.05) is 18.8 Å². The highest BCUT2D eigenvalue weighted by Gasteiger charge is 2.05. The molecule has 0 saturated carbocycles. The van der Waals surface area contributed by atoms with Gasteiger partial charge >= 0.3 is 0 Å². The molecule has 17 heavy (non-hydrogen) atoms. The molecular weight excluding hydrogens is 216 g/mol. The Hall–Kier alpha value is -2.07. The van der Waals surface area contributed by atoms with Crippen molar-refractivity contribution in [3.63, 3.8) is 0 Å². The summed E-state index contributed by atoms with van der Waals surface area (Å²) in [5.74, 6) is 1.82. The summed E-state index contributed by atoms with van der Waals surface area (Å²) in [6.45, 7) is 0.463. The largest absolute Gasteiger partial charge is 0.493 e. The molecule has 0 amide bonds. The third-order valence-electron chi connectivity index (χ3n) is 2.32. The van der Waals surface area contributed by atoms with Gasteiger partial charge in [-0.15, -0.1) is 0 Å². The summed E-state index contributed by atoms with van der Waals surface area (Å²) in [6.07, 6.45) is 1.67. The van der Waals surface area contributed by atoms with Gasteiger partial charge in [0.05, 0.1) is 7.11 Å². The van der Waals surface area contributed by atoms with Gasteiger partial charge in [0.15, 0.2) is 11.5 Å². The summed E-state index contributed by atoms with van der Waals surface area (Å²) >= 11 is 0. The Labute approximate surface area is 100 Å². The molecule has 88 valence electrons. The molecule has 0 atom stereocenters. The first-order valence-electron chi connectivity index (χ1n) is 5.29. The lowest BCUT2D eigenvalue weighted by Gasteiger charge is -2.09. The van der Waals surface area contributed by atoms with Crippen molar-refractivity contribution in [3.05, 3.63) is 48.2 Å². The van der Waals surface area contributed by atoms with Crippen molar-refractivity contribution in [1.29, 1.82) is 0 Å². The van der Waals surface area contributed by atoms with Gasteiger partial charge in [-0.1, -0.05) is 12.1 Å². The molecule has 0 aliphatic carbocycles. The number of rotatable bonds is 4. The predicted molar refractivity (Wildman–Crippen MR) is 65.2 cm³/mol. The van der Waals surface area contributed by atoms with Crippen LogP contribution in [-0.2, 0) is 6.54 Å². The van der Waals surface area contributed by atoms with E-state index in [2.05, 4.69) is 4.98 Å². The molecule has 0 bridgehead atoms. The number of hydrogen-bond donors (Lipinski definition) is 1. The van der Waals surface area contributed by atoms with Crippen molar-refractivity contribution in [3.8, 4) is 17.4 Å². The monoisotopic (exact) mass is 230 g/mol. The maximum atomic E-state index is 5.65. The molecule has 0 aliphatic heterocycles. The van der Waals surface area contributed by atoms with E-state index in [4.69, 9.17) is 15.2 Å². The maximum absolute atomic E-state index is 5.65.